The van der Waals surface area contributed by atoms with E-state index in [1.165, 1.54) is 12.8 Å². The van der Waals surface area contributed by atoms with Gasteiger partial charge in [0.15, 0.2) is 0 Å². The molecule has 2 aliphatic rings. The molecule has 0 radical (unpaired) electrons. The summed E-state index contributed by atoms with van der Waals surface area (Å²) >= 11 is 0. The van der Waals surface area contributed by atoms with Gasteiger partial charge in [0, 0.05) is 25.1 Å². The van der Waals surface area contributed by atoms with Crippen LogP contribution in [-0.4, -0.2) is 31.7 Å². The summed E-state index contributed by atoms with van der Waals surface area (Å²) in [6.07, 6.45) is 7.75. The highest BCUT2D eigenvalue weighted by atomic mass is 16.5. The van der Waals surface area contributed by atoms with Crippen molar-refractivity contribution in [2.24, 2.45) is 16.6 Å². The van der Waals surface area contributed by atoms with Gasteiger partial charge in [-0.05, 0) is 19.3 Å². The molecule has 4 nitrogen and oxygen atoms in total. The van der Waals surface area contributed by atoms with Crippen molar-refractivity contribution in [3.8, 4) is 0 Å². The van der Waals surface area contributed by atoms with Gasteiger partial charge < -0.3 is 15.8 Å². The number of ether oxygens (including phenoxy) is 1. The average Bonchev–Trinajstić information content (AvgIpc) is 2.69. The van der Waals surface area contributed by atoms with Crippen LogP contribution in [0.15, 0.2) is 0 Å². The van der Waals surface area contributed by atoms with Crippen LogP contribution in [0.4, 0.5) is 0 Å². The van der Waals surface area contributed by atoms with Crippen molar-refractivity contribution in [1.82, 2.24) is 5.32 Å². The SMILES string of the molecule is COC1CC(NC(=O)C2(CN)CCCCCC2)C1(C)C. The molecule has 0 bridgehead atoms. The van der Waals surface area contributed by atoms with Gasteiger partial charge in [-0.25, -0.2) is 0 Å². The predicted molar refractivity (Wildman–Crippen MR) is 80.3 cm³/mol. The maximum atomic E-state index is 12.8. The minimum absolute atomic E-state index is 0.0188. The van der Waals surface area contributed by atoms with E-state index in [4.69, 9.17) is 10.5 Å². The van der Waals surface area contributed by atoms with Crippen LogP contribution in [0.3, 0.4) is 0 Å². The minimum atomic E-state index is -0.329. The van der Waals surface area contributed by atoms with E-state index < -0.39 is 0 Å². The first-order valence-corrected chi connectivity index (χ1v) is 8.00. The second-order valence-electron chi connectivity index (χ2n) is 7.21. The quantitative estimate of drug-likeness (QED) is 0.777. The molecular formula is C16H30N2O2. The molecule has 3 N–H and O–H groups in total. The fourth-order valence-corrected chi connectivity index (χ4v) is 3.77. The molecule has 20 heavy (non-hydrogen) atoms. The summed E-state index contributed by atoms with van der Waals surface area (Å²) in [6.45, 7) is 4.80. The predicted octanol–water partition coefficient (Wildman–Crippen LogP) is 2.22. The van der Waals surface area contributed by atoms with Crippen molar-refractivity contribution in [3.63, 3.8) is 0 Å². The van der Waals surface area contributed by atoms with E-state index in [0.29, 0.717) is 6.54 Å². The van der Waals surface area contributed by atoms with Gasteiger partial charge in [-0.15, -0.1) is 0 Å². The first kappa shape index (κ1) is 15.8. The number of nitrogens with two attached hydrogens (primary N) is 1. The fraction of sp³-hybridized carbons (Fsp3) is 0.938. The summed E-state index contributed by atoms with van der Waals surface area (Å²) in [7, 11) is 1.75. The van der Waals surface area contributed by atoms with Crippen LogP contribution in [0.5, 0.6) is 0 Å². The lowest BCUT2D eigenvalue weighted by molar-refractivity contribution is -0.142. The molecule has 2 atom stereocenters. The summed E-state index contributed by atoms with van der Waals surface area (Å²) in [5.74, 6) is 0.175. The van der Waals surface area contributed by atoms with Crippen LogP contribution in [-0.2, 0) is 9.53 Å². The number of amides is 1. The number of hydrogen-bond donors (Lipinski definition) is 2. The Kier molecular flexibility index (Phi) is 4.75. The third-order valence-corrected chi connectivity index (χ3v) is 5.70. The monoisotopic (exact) mass is 282 g/mol. The molecule has 0 aromatic carbocycles. The first-order valence-electron chi connectivity index (χ1n) is 8.00. The topological polar surface area (TPSA) is 64.3 Å². The largest absolute Gasteiger partial charge is 0.381 e. The highest BCUT2D eigenvalue weighted by molar-refractivity contribution is 5.83. The Labute approximate surface area is 122 Å². The zero-order valence-electron chi connectivity index (χ0n) is 13.2. The standard InChI is InChI=1S/C16H30N2O2/c1-15(2)12(10-13(15)20-3)18-14(19)16(11-17)8-6-4-5-7-9-16/h12-13H,4-11,17H2,1-3H3,(H,18,19). The first-order chi connectivity index (χ1) is 9.46. The van der Waals surface area contributed by atoms with E-state index in [1.807, 2.05) is 0 Å². The third-order valence-electron chi connectivity index (χ3n) is 5.70. The molecule has 2 rings (SSSR count). The van der Waals surface area contributed by atoms with E-state index >= 15 is 0 Å². The second kappa shape index (κ2) is 6.02. The average molecular weight is 282 g/mol. The smallest absolute Gasteiger partial charge is 0.227 e. The van der Waals surface area contributed by atoms with Crippen LogP contribution >= 0.6 is 0 Å². The molecule has 0 saturated heterocycles. The maximum Gasteiger partial charge on any atom is 0.227 e. The Hall–Kier alpha value is -0.610. The molecule has 116 valence electrons. The highest BCUT2D eigenvalue weighted by Gasteiger charge is 2.50. The van der Waals surface area contributed by atoms with E-state index in [9.17, 15) is 4.79 Å². The van der Waals surface area contributed by atoms with E-state index in [1.54, 1.807) is 7.11 Å². The second-order valence-corrected chi connectivity index (χ2v) is 7.21. The Morgan fingerprint density at radius 2 is 1.85 bits per heavy atom. The number of nitrogens with one attached hydrogen (secondary N) is 1. The molecule has 0 aromatic rings. The van der Waals surface area contributed by atoms with Gasteiger partial charge in [-0.3, -0.25) is 4.79 Å². The van der Waals surface area contributed by atoms with Crippen LogP contribution in [0.1, 0.15) is 58.8 Å². The summed E-state index contributed by atoms with van der Waals surface area (Å²) in [5.41, 5.74) is 5.67. The summed E-state index contributed by atoms with van der Waals surface area (Å²) in [5, 5.41) is 3.26. The van der Waals surface area contributed by atoms with Gasteiger partial charge in [0.2, 0.25) is 5.91 Å². The molecule has 1 amide bonds. The highest BCUT2D eigenvalue weighted by Crippen LogP contribution is 2.43. The molecule has 0 heterocycles. The normalized spacial score (nSPS) is 32.0. The van der Waals surface area contributed by atoms with Crippen LogP contribution in [0, 0.1) is 10.8 Å². The van der Waals surface area contributed by atoms with E-state index in [0.717, 1.165) is 32.1 Å². The number of carbonyl (C=O) groups excluding carboxylic acids is 1. The molecular weight excluding hydrogens is 252 g/mol. The van der Waals surface area contributed by atoms with Gasteiger partial charge in [0.05, 0.1) is 11.5 Å². The lowest BCUT2D eigenvalue weighted by atomic mass is 9.64. The fourth-order valence-electron chi connectivity index (χ4n) is 3.77. The molecule has 2 saturated carbocycles. The van der Waals surface area contributed by atoms with Crippen molar-refractivity contribution in [2.45, 2.75) is 70.9 Å². The van der Waals surface area contributed by atoms with E-state index in [2.05, 4.69) is 19.2 Å². The van der Waals surface area contributed by atoms with E-state index in [-0.39, 0.29) is 28.9 Å². The minimum Gasteiger partial charge on any atom is -0.381 e. The Balaban J connectivity index is 2.00. The molecule has 0 aliphatic heterocycles. The van der Waals surface area contributed by atoms with Crippen molar-refractivity contribution >= 4 is 5.91 Å². The third kappa shape index (κ3) is 2.73. The lowest BCUT2D eigenvalue weighted by Crippen LogP contribution is -2.64. The Morgan fingerprint density at radius 3 is 2.30 bits per heavy atom. The molecule has 0 aromatic heterocycles. The molecule has 2 fully saturated rings. The van der Waals surface area contributed by atoms with Gasteiger partial charge in [-0.1, -0.05) is 39.5 Å². The van der Waals surface area contributed by atoms with Gasteiger partial charge in [-0.2, -0.15) is 0 Å². The zero-order valence-corrected chi connectivity index (χ0v) is 13.2. The number of carbonyl (C=O) groups is 1. The van der Waals surface area contributed by atoms with Crippen LogP contribution in [0.25, 0.3) is 0 Å². The lowest BCUT2D eigenvalue weighted by Gasteiger charge is -2.52. The van der Waals surface area contributed by atoms with Gasteiger partial charge in [0.25, 0.3) is 0 Å². The van der Waals surface area contributed by atoms with Gasteiger partial charge in [0.1, 0.15) is 0 Å². The van der Waals surface area contributed by atoms with Crippen molar-refractivity contribution in [2.75, 3.05) is 13.7 Å². The maximum absolute atomic E-state index is 12.8. The molecule has 2 aliphatic carbocycles. The molecule has 0 spiro atoms. The Morgan fingerprint density at radius 1 is 1.25 bits per heavy atom. The van der Waals surface area contributed by atoms with Crippen LogP contribution < -0.4 is 11.1 Å². The number of methoxy groups -OCH3 is 1. The summed E-state index contributed by atoms with van der Waals surface area (Å²) in [4.78, 5) is 12.8. The van der Waals surface area contributed by atoms with Crippen molar-refractivity contribution in [3.05, 3.63) is 0 Å². The van der Waals surface area contributed by atoms with Crippen LogP contribution in [0.2, 0.25) is 0 Å². The number of rotatable bonds is 4. The zero-order chi connectivity index (χ0) is 14.8. The summed E-state index contributed by atoms with van der Waals surface area (Å²) < 4.78 is 5.45. The molecule has 2 unspecified atom stereocenters. The van der Waals surface area contributed by atoms with Gasteiger partial charge >= 0.3 is 0 Å². The molecule has 4 heteroatoms. The Bertz CT molecular complexity index is 346. The number of hydrogen-bond acceptors (Lipinski definition) is 3. The van der Waals surface area contributed by atoms with Crippen molar-refractivity contribution < 1.29 is 9.53 Å². The van der Waals surface area contributed by atoms with Crippen molar-refractivity contribution in [1.29, 1.82) is 0 Å². The summed E-state index contributed by atoms with van der Waals surface area (Å²) in [6, 6.07) is 0.214.